The predicted octanol–water partition coefficient (Wildman–Crippen LogP) is 2.16. The summed E-state index contributed by atoms with van der Waals surface area (Å²) in [7, 11) is -1.32. The maximum atomic E-state index is 11.1. The largest absolute Gasteiger partial charge is 0.251 e. The summed E-state index contributed by atoms with van der Waals surface area (Å²) in [5.41, 5.74) is 1.13. The second-order valence-corrected chi connectivity index (χ2v) is 5.72. The minimum atomic E-state index is -1.32. The van der Waals surface area contributed by atoms with Gasteiger partial charge in [-0.25, -0.2) is 4.21 Å². The van der Waals surface area contributed by atoms with Crippen LogP contribution < -0.4 is 5.14 Å². The van der Waals surface area contributed by atoms with Crippen LogP contribution in [0.1, 0.15) is 19.4 Å². The summed E-state index contributed by atoms with van der Waals surface area (Å²) in [4.78, 5) is 0. The minimum absolute atomic E-state index is 0.456. The van der Waals surface area contributed by atoms with Crippen LogP contribution in [0.15, 0.2) is 22.9 Å². The van der Waals surface area contributed by atoms with Gasteiger partial charge in [-0.2, -0.15) is 11.3 Å². The lowest BCUT2D eigenvalue weighted by atomic mass is 10.1. The highest BCUT2D eigenvalue weighted by atomic mass is 32.2. The van der Waals surface area contributed by atoms with Gasteiger partial charge in [-0.15, -0.1) is 0 Å². The molecule has 1 aromatic rings. The van der Waals surface area contributed by atoms with Gasteiger partial charge >= 0.3 is 0 Å². The highest BCUT2D eigenvalue weighted by Crippen LogP contribution is 2.15. The van der Waals surface area contributed by atoms with Crippen molar-refractivity contribution in [3.05, 3.63) is 28.5 Å². The zero-order chi connectivity index (χ0) is 9.90. The van der Waals surface area contributed by atoms with Crippen LogP contribution in [0.4, 0.5) is 0 Å². The van der Waals surface area contributed by atoms with E-state index in [-0.39, 0.29) is 0 Å². The summed E-state index contributed by atoms with van der Waals surface area (Å²) in [6.45, 7) is 3.71. The van der Waals surface area contributed by atoms with E-state index in [2.05, 4.69) is 0 Å². The maximum absolute atomic E-state index is 11.1. The Morgan fingerprint density at radius 1 is 1.62 bits per heavy atom. The molecule has 1 unspecified atom stereocenters. The molecule has 2 N–H and O–H groups in total. The van der Waals surface area contributed by atoms with Crippen molar-refractivity contribution >= 4 is 28.4 Å². The van der Waals surface area contributed by atoms with Gasteiger partial charge in [-0.3, -0.25) is 5.14 Å². The lowest BCUT2D eigenvalue weighted by Crippen LogP contribution is -2.29. The van der Waals surface area contributed by atoms with Gasteiger partial charge in [0.25, 0.3) is 0 Å². The van der Waals surface area contributed by atoms with Gasteiger partial charge in [-0.1, -0.05) is 12.2 Å². The monoisotopic (exact) mass is 215 g/mol. The van der Waals surface area contributed by atoms with Crippen LogP contribution in [0.3, 0.4) is 0 Å². The SMILES string of the molecule is CC(C)(C=Cc1ccsc1)S(N)=O. The molecule has 1 rings (SSSR count). The zero-order valence-corrected chi connectivity index (χ0v) is 9.32. The summed E-state index contributed by atoms with van der Waals surface area (Å²) in [6, 6.07) is 2.01. The zero-order valence-electron chi connectivity index (χ0n) is 7.69. The third kappa shape index (κ3) is 3.06. The van der Waals surface area contributed by atoms with E-state index in [4.69, 9.17) is 5.14 Å². The molecular formula is C9H13NOS2. The summed E-state index contributed by atoms with van der Waals surface area (Å²) in [6.07, 6.45) is 3.83. The van der Waals surface area contributed by atoms with Crippen molar-refractivity contribution < 1.29 is 4.21 Å². The quantitative estimate of drug-likeness (QED) is 0.825. The summed E-state index contributed by atoms with van der Waals surface area (Å²) < 4.78 is 10.6. The second-order valence-electron chi connectivity index (χ2n) is 3.29. The summed E-state index contributed by atoms with van der Waals surface area (Å²) in [5.74, 6) is 0. The van der Waals surface area contributed by atoms with Gasteiger partial charge in [0.15, 0.2) is 0 Å². The first-order valence-corrected chi connectivity index (χ1v) is 6.06. The van der Waals surface area contributed by atoms with Crippen LogP contribution in [0.5, 0.6) is 0 Å². The Kier molecular flexibility index (Phi) is 3.41. The Hall–Kier alpha value is -0.450. The Morgan fingerprint density at radius 3 is 2.77 bits per heavy atom. The van der Waals surface area contributed by atoms with Gasteiger partial charge in [0.2, 0.25) is 0 Å². The van der Waals surface area contributed by atoms with E-state index >= 15 is 0 Å². The molecule has 0 amide bonds. The first kappa shape index (κ1) is 10.6. The van der Waals surface area contributed by atoms with Crippen LogP contribution in [-0.2, 0) is 11.0 Å². The van der Waals surface area contributed by atoms with E-state index in [0.29, 0.717) is 0 Å². The Balaban J connectivity index is 2.73. The molecule has 2 nitrogen and oxygen atoms in total. The molecule has 13 heavy (non-hydrogen) atoms. The van der Waals surface area contributed by atoms with E-state index in [9.17, 15) is 4.21 Å². The lowest BCUT2D eigenvalue weighted by Gasteiger charge is -2.15. The van der Waals surface area contributed by atoms with Gasteiger partial charge in [-0.05, 0) is 36.2 Å². The molecule has 0 saturated carbocycles. The average molecular weight is 215 g/mol. The fraction of sp³-hybridized carbons (Fsp3) is 0.333. The number of thiophene rings is 1. The molecule has 72 valence electrons. The van der Waals surface area contributed by atoms with Gasteiger partial charge < -0.3 is 0 Å². The van der Waals surface area contributed by atoms with Crippen molar-refractivity contribution in [2.45, 2.75) is 18.6 Å². The highest BCUT2D eigenvalue weighted by Gasteiger charge is 2.18. The molecule has 0 spiro atoms. The van der Waals surface area contributed by atoms with Crippen molar-refractivity contribution in [3.63, 3.8) is 0 Å². The number of hydrogen-bond acceptors (Lipinski definition) is 2. The first-order chi connectivity index (χ1) is 6.02. The van der Waals surface area contributed by atoms with Gasteiger partial charge in [0.05, 0.1) is 15.7 Å². The third-order valence-electron chi connectivity index (χ3n) is 1.74. The van der Waals surface area contributed by atoms with Crippen LogP contribution in [0.2, 0.25) is 0 Å². The van der Waals surface area contributed by atoms with Crippen molar-refractivity contribution in [3.8, 4) is 0 Å². The Bertz CT molecular complexity index is 314. The summed E-state index contributed by atoms with van der Waals surface area (Å²) in [5, 5.41) is 9.37. The molecule has 0 bridgehead atoms. The molecule has 0 aliphatic rings. The fourth-order valence-electron chi connectivity index (χ4n) is 0.734. The van der Waals surface area contributed by atoms with Crippen LogP contribution >= 0.6 is 11.3 Å². The molecule has 0 aromatic carbocycles. The molecule has 0 saturated heterocycles. The van der Waals surface area contributed by atoms with Crippen LogP contribution in [0.25, 0.3) is 6.08 Å². The van der Waals surface area contributed by atoms with Gasteiger partial charge in [0, 0.05) is 0 Å². The highest BCUT2D eigenvalue weighted by molar-refractivity contribution is 7.84. The molecule has 1 heterocycles. The van der Waals surface area contributed by atoms with E-state index in [1.807, 2.05) is 42.8 Å². The smallest absolute Gasteiger partial charge is 0.0984 e. The van der Waals surface area contributed by atoms with E-state index in [1.54, 1.807) is 11.3 Å². The molecule has 1 aromatic heterocycles. The fourth-order valence-corrected chi connectivity index (χ4v) is 1.56. The standard InChI is InChI=1S/C9H13NOS2/c1-9(2,13(10)11)5-3-8-4-6-12-7-8/h3-7H,10H2,1-2H3. The molecule has 1 atom stereocenters. The van der Waals surface area contributed by atoms with Crippen molar-refractivity contribution in [2.24, 2.45) is 5.14 Å². The van der Waals surface area contributed by atoms with Crippen LogP contribution in [0, 0.1) is 0 Å². The minimum Gasteiger partial charge on any atom is -0.251 e. The van der Waals surface area contributed by atoms with Crippen LogP contribution in [-0.4, -0.2) is 8.96 Å². The van der Waals surface area contributed by atoms with Gasteiger partial charge in [0.1, 0.15) is 0 Å². The van der Waals surface area contributed by atoms with Crippen molar-refractivity contribution in [2.75, 3.05) is 0 Å². The Morgan fingerprint density at radius 2 is 2.31 bits per heavy atom. The Labute approximate surface area is 85.1 Å². The molecule has 4 heteroatoms. The first-order valence-electron chi connectivity index (χ1n) is 3.90. The second kappa shape index (κ2) is 4.17. The number of nitrogens with two attached hydrogens (primary N) is 1. The number of rotatable bonds is 3. The molecule has 0 fully saturated rings. The normalized spacial score (nSPS) is 15.0. The molecule has 0 aliphatic carbocycles. The summed E-state index contributed by atoms with van der Waals surface area (Å²) >= 11 is 1.64. The maximum Gasteiger partial charge on any atom is 0.0984 e. The van der Waals surface area contributed by atoms with Crippen molar-refractivity contribution in [1.29, 1.82) is 0 Å². The third-order valence-corrected chi connectivity index (χ3v) is 3.61. The molecular weight excluding hydrogens is 202 g/mol. The predicted molar refractivity (Wildman–Crippen MR) is 59.8 cm³/mol. The van der Waals surface area contributed by atoms with E-state index < -0.39 is 15.7 Å². The average Bonchev–Trinajstić information content (AvgIpc) is 2.52. The topological polar surface area (TPSA) is 43.1 Å². The molecule has 0 aliphatic heterocycles. The molecule has 0 radical (unpaired) electrons. The van der Waals surface area contributed by atoms with E-state index in [1.165, 1.54) is 0 Å². The van der Waals surface area contributed by atoms with E-state index in [0.717, 1.165) is 5.56 Å². The van der Waals surface area contributed by atoms with Crippen molar-refractivity contribution in [1.82, 2.24) is 0 Å². The lowest BCUT2D eigenvalue weighted by molar-refractivity contribution is 0.665. The number of hydrogen-bond donors (Lipinski definition) is 1.